The highest BCUT2D eigenvalue weighted by molar-refractivity contribution is 6.32. The summed E-state index contributed by atoms with van der Waals surface area (Å²) in [4.78, 5) is 5.02. The van der Waals surface area contributed by atoms with Gasteiger partial charge in [-0.1, -0.05) is 24.6 Å². The highest BCUT2D eigenvalue weighted by Crippen LogP contribution is 2.25. The van der Waals surface area contributed by atoms with Gasteiger partial charge >= 0.3 is 0 Å². The van der Waals surface area contributed by atoms with Gasteiger partial charge in [0.25, 0.3) is 0 Å². The Bertz CT molecular complexity index is 417. The van der Waals surface area contributed by atoms with E-state index in [9.17, 15) is 0 Å². The second-order valence-electron chi connectivity index (χ2n) is 5.41. The zero-order chi connectivity index (χ0) is 14.4. The monoisotopic (exact) mass is 296 g/mol. The van der Waals surface area contributed by atoms with E-state index in [1.165, 1.54) is 32.7 Å². The zero-order valence-corrected chi connectivity index (χ0v) is 13.3. The Hall–Kier alpha value is -0.770. The number of likely N-dealkylation sites (N-methyl/N-ethyl adjacent to an activating group) is 1. The second-order valence-corrected chi connectivity index (χ2v) is 5.82. The van der Waals surface area contributed by atoms with E-state index in [4.69, 9.17) is 16.3 Å². The molecule has 4 heteroatoms. The molecule has 1 fully saturated rings. The molecule has 1 heterocycles. The van der Waals surface area contributed by atoms with Crippen LogP contribution in [0.5, 0.6) is 5.75 Å². The highest BCUT2D eigenvalue weighted by atomic mass is 35.5. The average Bonchev–Trinajstić information content (AvgIpc) is 2.46. The number of benzene rings is 1. The SMILES string of the molecule is CCN1CCN(CCCOc2ccc(C)cc2Cl)CC1. The number of ether oxygens (including phenoxy) is 1. The largest absolute Gasteiger partial charge is 0.492 e. The molecule has 2 rings (SSSR count). The minimum absolute atomic E-state index is 0.710. The molecule has 0 aliphatic carbocycles. The smallest absolute Gasteiger partial charge is 0.137 e. The van der Waals surface area contributed by atoms with Crippen molar-refractivity contribution in [1.82, 2.24) is 9.80 Å². The molecule has 0 aromatic heterocycles. The van der Waals surface area contributed by atoms with Crippen LogP contribution in [-0.4, -0.2) is 55.7 Å². The molecular formula is C16H25ClN2O. The maximum Gasteiger partial charge on any atom is 0.137 e. The Morgan fingerprint density at radius 3 is 2.50 bits per heavy atom. The van der Waals surface area contributed by atoms with E-state index in [2.05, 4.69) is 16.7 Å². The molecule has 1 aromatic rings. The summed E-state index contributed by atoms with van der Waals surface area (Å²) in [6, 6.07) is 5.93. The van der Waals surface area contributed by atoms with Crippen LogP contribution < -0.4 is 4.74 Å². The Labute approximate surface area is 127 Å². The van der Waals surface area contributed by atoms with Gasteiger partial charge < -0.3 is 14.5 Å². The first-order valence-corrected chi connectivity index (χ1v) is 7.90. The number of aryl methyl sites for hydroxylation is 1. The number of nitrogens with zero attached hydrogens (tertiary/aromatic N) is 2. The quantitative estimate of drug-likeness (QED) is 0.751. The van der Waals surface area contributed by atoms with Gasteiger partial charge in [0.2, 0.25) is 0 Å². The third kappa shape index (κ3) is 4.65. The van der Waals surface area contributed by atoms with Gasteiger partial charge in [0.05, 0.1) is 11.6 Å². The van der Waals surface area contributed by atoms with E-state index < -0.39 is 0 Å². The van der Waals surface area contributed by atoms with Gasteiger partial charge in [-0.15, -0.1) is 0 Å². The van der Waals surface area contributed by atoms with Crippen molar-refractivity contribution >= 4 is 11.6 Å². The van der Waals surface area contributed by atoms with E-state index in [0.717, 1.165) is 30.9 Å². The van der Waals surface area contributed by atoms with Crippen LogP contribution in [0.4, 0.5) is 0 Å². The van der Waals surface area contributed by atoms with Crippen molar-refractivity contribution in [3.8, 4) is 5.75 Å². The molecule has 0 unspecified atom stereocenters. The predicted molar refractivity (Wildman–Crippen MR) is 84.9 cm³/mol. The normalized spacial score (nSPS) is 17.4. The van der Waals surface area contributed by atoms with Crippen LogP contribution >= 0.6 is 11.6 Å². The van der Waals surface area contributed by atoms with E-state index in [1.54, 1.807) is 0 Å². The average molecular weight is 297 g/mol. The number of hydrogen-bond donors (Lipinski definition) is 0. The minimum Gasteiger partial charge on any atom is -0.492 e. The molecule has 1 saturated heterocycles. The van der Waals surface area contributed by atoms with Crippen molar-refractivity contribution in [2.45, 2.75) is 20.3 Å². The molecule has 1 aromatic carbocycles. The van der Waals surface area contributed by atoms with Gasteiger partial charge in [-0.3, -0.25) is 0 Å². The lowest BCUT2D eigenvalue weighted by Gasteiger charge is -2.33. The first-order valence-electron chi connectivity index (χ1n) is 7.52. The van der Waals surface area contributed by atoms with Gasteiger partial charge in [-0.2, -0.15) is 0 Å². The summed E-state index contributed by atoms with van der Waals surface area (Å²) in [7, 11) is 0. The molecular weight excluding hydrogens is 272 g/mol. The number of rotatable bonds is 6. The summed E-state index contributed by atoms with van der Waals surface area (Å²) < 4.78 is 5.76. The van der Waals surface area contributed by atoms with E-state index >= 15 is 0 Å². The van der Waals surface area contributed by atoms with Crippen LogP contribution in [0.3, 0.4) is 0 Å². The molecule has 112 valence electrons. The third-order valence-electron chi connectivity index (χ3n) is 3.88. The molecule has 0 saturated carbocycles. The predicted octanol–water partition coefficient (Wildman–Crippen LogP) is 3.05. The minimum atomic E-state index is 0.710. The fourth-order valence-electron chi connectivity index (χ4n) is 2.52. The van der Waals surface area contributed by atoms with E-state index in [-0.39, 0.29) is 0 Å². The number of halogens is 1. The lowest BCUT2D eigenvalue weighted by Crippen LogP contribution is -2.46. The van der Waals surface area contributed by atoms with Gasteiger partial charge in [0.15, 0.2) is 0 Å². The molecule has 20 heavy (non-hydrogen) atoms. The maximum atomic E-state index is 6.15. The topological polar surface area (TPSA) is 15.7 Å². The van der Waals surface area contributed by atoms with Crippen LogP contribution in [0.25, 0.3) is 0 Å². The first kappa shape index (κ1) is 15.6. The molecule has 3 nitrogen and oxygen atoms in total. The van der Waals surface area contributed by atoms with E-state index in [1.807, 2.05) is 25.1 Å². The summed E-state index contributed by atoms with van der Waals surface area (Å²) in [6.07, 6.45) is 1.05. The zero-order valence-electron chi connectivity index (χ0n) is 12.6. The second kappa shape index (κ2) is 7.87. The molecule has 0 spiro atoms. The van der Waals surface area contributed by atoms with Crippen LogP contribution in [0.1, 0.15) is 18.9 Å². The van der Waals surface area contributed by atoms with Crippen molar-refractivity contribution in [3.05, 3.63) is 28.8 Å². The molecule has 0 N–H and O–H groups in total. The van der Waals surface area contributed by atoms with Crippen LogP contribution in [0, 0.1) is 6.92 Å². The highest BCUT2D eigenvalue weighted by Gasteiger charge is 2.14. The third-order valence-corrected chi connectivity index (χ3v) is 4.17. The van der Waals surface area contributed by atoms with Gasteiger partial charge in [-0.05, 0) is 37.6 Å². The van der Waals surface area contributed by atoms with Crippen LogP contribution in [-0.2, 0) is 0 Å². The van der Waals surface area contributed by atoms with Gasteiger partial charge in [-0.25, -0.2) is 0 Å². The molecule has 0 bridgehead atoms. The summed E-state index contributed by atoms with van der Waals surface area (Å²) in [6.45, 7) is 12.0. The van der Waals surface area contributed by atoms with Crippen LogP contribution in [0.15, 0.2) is 18.2 Å². The Morgan fingerprint density at radius 2 is 1.85 bits per heavy atom. The molecule has 0 atom stereocenters. The molecule has 0 amide bonds. The Kier molecular flexibility index (Phi) is 6.14. The summed E-state index contributed by atoms with van der Waals surface area (Å²) >= 11 is 6.15. The number of hydrogen-bond acceptors (Lipinski definition) is 3. The lowest BCUT2D eigenvalue weighted by molar-refractivity contribution is 0.130. The van der Waals surface area contributed by atoms with Gasteiger partial charge in [0, 0.05) is 32.7 Å². The lowest BCUT2D eigenvalue weighted by atomic mass is 10.2. The van der Waals surface area contributed by atoms with Crippen LogP contribution in [0.2, 0.25) is 5.02 Å². The van der Waals surface area contributed by atoms with Crippen molar-refractivity contribution in [1.29, 1.82) is 0 Å². The van der Waals surface area contributed by atoms with Crippen molar-refractivity contribution in [2.75, 3.05) is 45.9 Å². The van der Waals surface area contributed by atoms with Crippen molar-refractivity contribution in [3.63, 3.8) is 0 Å². The summed E-state index contributed by atoms with van der Waals surface area (Å²) in [5.41, 5.74) is 1.16. The van der Waals surface area contributed by atoms with E-state index in [0.29, 0.717) is 5.02 Å². The fourth-order valence-corrected chi connectivity index (χ4v) is 2.81. The molecule has 0 radical (unpaired) electrons. The van der Waals surface area contributed by atoms with Gasteiger partial charge in [0.1, 0.15) is 5.75 Å². The first-order chi connectivity index (χ1) is 9.69. The maximum absolute atomic E-state index is 6.15. The standard InChI is InChI=1S/C16H25ClN2O/c1-3-18-8-10-19(11-9-18)7-4-12-20-16-6-5-14(2)13-15(16)17/h5-6,13H,3-4,7-12H2,1-2H3. The fraction of sp³-hybridized carbons (Fsp3) is 0.625. The molecule has 1 aliphatic rings. The Balaban J connectivity index is 1.64. The molecule has 1 aliphatic heterocycles. The Morgan fingerprint density at radius 1 is 1.15 bits per heavy atom. The van der Waals surface area contributed by atoms with Crippen molar-refractivity contribution < 1.29 is 4.74 Å². The number of piperazine rings is 1. The van der Waals surface area contributed by atoms with Crippen molar-refractivity contribution in [2.24, 2.45) is 0 Å². The summed E-state index contributed by atoms with van der Waals surface area (Å²) in [5, 5.41) is 0.710. The summed E-state index contributed by atoms with van der Waals surface area (Å²) in [5.74, 6) is 0.799.